The SMILES string of the molecule is CC12CCC(OS(=O)(=O)O)CC1CCC1C2CCC2(C)C(c3ccc(=O)oc3)CCC12O. The van der Waals surface area contributed by atoms with E-state index in [0.717, 1.165) is 50.5 Å². The molecule has 4 fully saturated rings. The van der Waals surface area contributed by atoms with Gasteiger partial charge in [-0.2, -0.15) is 8.42 Å². The van der Waals surface area contributed by atoms with Crippen LogP contribution in [0.5, 0.6) is 0 Å². The van der Waals surface area contributed by atoms with Crippen molar-refractivity contribution in [1.29, 1.82) is 0 Å². The van der Waals surface area contributed by atoms with Crippen molar-refractivity contribution in [3.05, 3.63) is 34.4 Å². The highest BCUT2D eigenvalue weighted by molar-refractivity contribution is 7.80. The molecule has 4 aliphatic carbocycles. The van der Waals surface area contributed by atoms with E-state index in [1.165, 1.54) is 6.07 Å². The van der Waals surface area contributed by atoms with E-state index in [-0.39, 0.29) is 28.3 Å². The second-order valence-electron chi connectivity index (χ2n) is 11.3. The van der Waals surface area contributed by atoms with Gasteiger partial charge in [-0.25, -0.2) is 8.98 Å². The molecule has 8 atom stereocenters. The zero-order chi connectivity index (χ0) is 22.9. The molecule has 0 spiro atoms. The lowest BCUT2D eigenvalue weighted by atomic mass is 9.43. The van der Waals surface area contributed by atoms with E-state index in [2.05, 4.69) is 13.8 Å². The van der Waals surface area contributed by atoms with Crippen molar-refractivity contribution in [3.63, 3.8) is 0 Å². The Hall–Kier alpha value is -1.22. The third-order valence-electron chi connectivity index (χ3n) is 10.2. The Morgan fingerprint density at radius 3 is 2.50 bits per heavy atom. The van der Waals surface area contributed by atoms with E-state index >= 15 is 0 Å². The summed E-state index contributed by atoms with van der Waals surface area (Å²) in [5.74, 6) is 1.10. The van der Waals surface area contributed by atoms with Crippen molar-refractivity contribution < 1.29 is 26.7 Å². The monoisotopic (exact) mass is 466 g/mol. The fourth-order valence-electron chi connectivity index (χ4n) is 8.55. The van der Waals surface area contributed by atoms with E-state index in [1.54, 1.807) is 6.26 Å². The maximum atomic E-state index is 12.2. The average Bonchev–Trinajstić information content (AvgIpc) is 2.99. The van der Waals surface area contributed by atoms with E-state index < -0.39 is 22.1 Å². The van der Waals surface area contributed by atoms with Gasteiger partial charge in [0.05, 0.1) is 18.0 Å². The molecule has 4 aliphatic rings. The molecule has 1 aromatic rings. The summed E-state index contributed by atoms with van der Waals surface area (Å²) in [7, 11) is -4.44. The Kier molecular flexibility index (Phi) is 5.21. The van der Waals surface area contributed by atoms with Crippen molar-refractivity contribution in [1.82, 2.24) is 0 Å². The number of rotatable bonds is 3. The molecule has 8 unspecified atom stereocenters. The summed E-state index contributed by atoms with van der Waals surface area (Å²) in [6.07, 6.45) is 8.66. The van der Waals surface area contributed by atoms with Crippen molar-refractivity contribution in [3.8, 4) is 0 Å². The third-order valence-corrected chi connectivity index (χ3v) is 10.7. The molecule has 0 aromatic carbocycles. The van der Waals surface area contributed by atoms with Gasteiger partial charge in [0.2, 0.25) is 0 Å². The molecule has 7 nitrogen and oxygen atoms in total. The zero-order valence-electron chi connectivity index (χ0n) is 18.8. The van der Waals surface area contributed by atoms with E-state index in [9.17, 15) is 18.3 Å². The predicted molar refractivity (Wildman–Crippen MR) is 117 cm³/mol. The van der Waals surface area contributed by atoms with Crippen LogP contribution in [0.3, 0.4) is 0 Å². The van der Waals surface area contributed by atoms with Crippen LogP contribution in [0.2, 0.25) is 0 Å². The molecule has 8 heteroatoms. The maximum Gasteiger partial charge on any atom is 0.397 e. The summed E-state index contributed by atoms with van der Waals surface area (Å²) < 4.78 is 41.6. The lowest BCUT2D eigenvalue weighted by Gasteiger charge is -2.63. The van der Waals surface area contributed by atoms with Gasteiger partial charge in [0.1, 0.15) is 0 Å². The van der Waals surface area contributed by atoms with Crippen LogP contribution in [0, 0.1) is 28.6 Å². The first-order valence-corrected chi connectivity index (χ1v) is 13.3. The van der Waals surface area contributed by atoms with Crippen LogP contribution in [0.25, 0.3) is 0 Å². The quantitative estimate of drug-likeness (QED) is 0.646. The first-order chi connectivity index (χ1) is 15.0. The van der Waals surface area contributed by atoms with Gasteiger partial charge in [-0.3, -0.25) is 4.55 Å². The molecule has 4 saturated carbocycles. The lowest BCUT2D eigenvalue weighted by molar-refractivity contribution is -0.204. The first-order valence-electron chi connectivity index (χ1n) is 11.9. The molecular formula is C24H34O7S. The van der Waals surface area contributed by atoms with Gasteiger partial charge < -0.3 is 9.52 Å². The van der Waals surface area contributed by atoms with E-state index in [4.69, 9.17) is 13.2 Å². The molecule has 0 saturated heterocycles. The minimum Gasteiger partial charge on any atom is -0.431 e. The third kappa shape index (κ3) is 3.32. The van der Waals surface area contributed by atoms with Gasteiger partial charge in [-0.15, -0.1) is 0 Å². The fraction of sp³-hybridized carbons (Fsp3) is 0.792. The summed E-state index contributed by atoms with van der Waals surface area (Å²) in [6, 6.07) is 3.33. The summed E-state index contributed by atoms with van der Waals surface area (Å²) in [5, 5.41) is 12.2. The first kappa shape index (κ1) is 22.6. The molecule has 5 rings (SSSR count). The maximum absolute atomic E-state index is 12.2. The topological polar surface area (TPSA) is 114 Å². The summed E-state index contributed by atoms with van der Waals surface area (Å²) in [6.45, 7) is 4.54. The van der Waals surface area contributed by atoms with Crippen molar-refractivity contribution >= 4 is 10.4 Å². The van der Waals surface area contributed by atoms with Crippen LogP contribution in [-0.2, 0) is 14.6 Å². The molecule has 2 N–H and O–H groups in total. The number of aliphatic hydroxyl groups is 1. The van der Waals surface area contributed by atoms with Gasteiger partial charge in [-0.05, 0) is 98.5 Å². The van der Waals surface area contributed by atoms with Gasteiger partial charge >= 0.3 is 16.0 Å². The van der Waals surface area contributed by atoms with Crippen LogP contribution in [0.4, 0.5) is 0 Å². The van der Waals surface area contributed by atoms with Crippen LogP contribution in [-0.4, -0.2) is 29.8 Å². The zero-order valence-corrected chi connectivity index (χ0v) is 19.6. The minimum absolute atomic E-state index is 0.0384. The minimum atomic E-state index is -4.44. The van der Waals surface area contributed by atoms with Gasteiger partial charge in [0.25, 0.3) is 0 Å². The molecule has 0 aliphatic heterocycles. The van der Waals surface area contributed by atoms with Gasteiger partial charge in [-0.1, -0.05) is 13.8 Å². The Morgan fingerprint density at radius 2 is 1.81 bits per heavy atom. The number of fused-ring (bicyclic) bond motifs is 5. The molecule has 0 bridgehead atoms. The molecule has 1 heterocycles. The Bertz CT molecular complexity index is 1030. The summed E-state index contributed by atoms with van der Waals surface area (Å²) in [4.78, 5) is 11.4. The number of hydrogen-bond acceptors (Lipinski definition) is 6. The van der Waals surface area contributed by atoms with E-state index in [1.807, 2.05) is 6.07 Å². The molecule has 1 aromatic heterocycles. The number of hydrogen-bond donors (Lipinski definition) is 2. The highest BCUT2D eigenvalue weighted by Crippen LogP contribution is 2.70. The van der Waals surface area contributed by atoms with Gasteiger partial charge in [0.15, 0.2) is 0 Å². The highest BCUT2D eigenvalue weighted by atomic mass is 32.3. The van der Waals surface area contributed by atoms with Gasteiger partial charge in [0, 0.05) is 11.5 Å². The smallest absolute Gasteiger partial charge is 0.397 e. The fourth-order valence-corrected chi connectivity index (χ4v) is 9.07. The largest absolute Gasteiger partial charge is 0.431 e. The Labute approximate surface area is 189 Å². The molecule has 32 heavy (non-hydrogen) atoms. The highest BCUT2D eigenvalue weighted by Gasteiger charge is 2.67. The Balaban J connectivity index is 1.40. The van der Waals surface area contributed by atoms with Crippen LogP contribution in [0.15, 0.2) is 27.6 Å². The molecule has 0 amide bonds. The Morgan fingerprint density at radius 1 is 1.03 bits per heavy atom. The molecular weight excluding hydrogens is 432 g/mol. The molecule has 178 valence electrons. The molecule has 0 radical (unpaired) electrons. The lowest BCUT2D eigenvalue weighted by Crippen LogP contribution is -2.62. The van der Waals surface area contributed by atoms with Crippen LogP contribution in [0.1, 0.15) is 83.1 Å². The summed E-state index contributed by atoms with van der Waals surface area (Å²) >= 11 is 0. The van der Waals surface area contributed by atoms with Crippen LogP contribution < -0.4 is 5.63 Å². The van der Waals surface area contributed by atoms with Crippen LogP contribution >= 0.6 is 0 Å². The average molecular weight is 467 g/mol. The van der Waals surface area contributed by atoms with Crippen molar-refractivity contribution in [2.75, 3.05) is 0 Å². The second-order valence-corrected chi connectivity index (χ2v) is 12.3. The second kappa shape index (κ2) is 7.39. The standard InChI is InChI=1S/C24H34O7S/c1-22-10-7-17(31-32(27,28)29)13-16(22)4-5-20-19(22)8-11-23(2)18(9-12-24(20,23)26)15-3-6-21(25)30-14-15/h3,6,14,16-20,26H,4-5,7-13H2,1-2H3,(H,27,28,29). The van der Waals surface area contributed by atoms with Crippen molar-refractivity contribution in [2.24, 2.45) is 28.6 Å². The predicted octanol–water partition coefficient (Wildman–Crippen LogP) is 4.07. The van der Waals surface area contributed by atoms with Crippen molar-refractivity contribution in [2.45, 2.75) is 89.3 Å². The van der Waals surface area contributed by atoms with E-state index in [0.29, 0.717) is 24.7 Å². The summed E-state index contributed by atoms with van der Waals surface area (Å²) in [5.41, 5.74) is -0.328. The normalized spacial score (nSPS) is 46.2.